The van der Waals surface area contributed by atoms with Gasteiger partial charge in [0.15, 0.2) is 0 Å². The summed E-state index contributed by atoms with van der Waals surface area (Å²) in [5, 5.41) is 9.38. The van der Waals surface area contributed by atoms with Crippen LogP contribution in [0.1, 0.15) is 20.7 Å². The van der Waals surface area contributed by atoms with Crippen molar-refractivity contribution >= 4 is 11.9 Å². The topological polar surface area (TPSA) is 66.8 Å². The quantitative estimate of drug-likeness (QED) is 0.946. The summed E-state index contributed by atoms with van der Waals surface area (Å²) in [5.41, 5.74) is 2.02. The molecule has 5 heteroatoms. The van der Waals surface area contributed by atoms with E-state index < -0.39 is 5.97 Å². The molecule has 2 aromatic carbocycles. The zero-order chi connectivity index (χ0) is 16.2. The second-order valence-electron chi connectivity index (χ2n) is 5.34. The average Bonchev–Trinajstić information content (AvgIpc) is 2.62. The summed E-state index contributed by atoms with van der Waals surface area (Å²) in [6.45, 7) is 1.92. The summed E-state index contributed by atoms with van der Waals surface area (Å²) in [5.74, 6) is -1.36. The average molecular weight is 311 g/mol. The molecule has 0 bridgehead atoms. The first-order valence-electron chi connectivity index (χ1n) is 7.46. The van der Waals surface area contributed by atoms with Crippen molar-refractivity contribution in [3.05, 3.63) is 59.7 Å². The SMILES string of the molecule is O=C(O)c1ccc(-c2ccccc2)cc1C(=O)N1CCOCC1. The first-order valence-corrected chi connectivity index (χ1v) is 7.46. The van der Waals surface area contributed by atoms with Crippen LogP contribution in [0.15, 0.2) is 48.5 Å². The highest BCUT2D eigenvalue weighted by Crippen LogP contribution is 2.24. The molecule has 1 amide bonds. The van der Waals surface area contributed by atoms with Crippen LogP contribution in [0.3, 0.4) is 0 Å². The fraction of sp³-hybridized carbons (Fsp3) is 0.222. The second kappa shape index (κ2) is 6.62. The van der Waals surface area contributed by atoms with Crippen molar-refractivity contribution in [2.24, 2.45) is 0 Å². The molecular formula is C18H17NO4. The predicted octanol–water partition coefficient (Wildman–Crippen LogP) is 2.52. The van der Waals surface area contributed by atoms with Crippen LogP contribution >= 0.6 is 0 Å². The Morgan fingerprint density at radius 1 is 0.913 bits per heavy atom. The van der Waals surface area contributed by atoms with Crippen LogP contribution in [0, 0.1) is 0 Å². The minimum absolute atomic E-state index is 0.0289. The zero-order valence-electron chi connectivity index (χ0n) is 12.6. The van der Waals surface area contributed by atoms with Crippen molar-refractivity contribution in [1.29, 1.82) is 0 Å². The Hall–Kier alpha value is -2.66. The molecule has 1 heterocycles. The number of hydrogen-bond donors (Lipinski definition) is 1. The van der Waals surface area contributed by atoms with Gasteiger partial charge < -0.3 is 14.7 Å². The molecule has 1 aliphatic rings. The van der Waals surface area contributed by atoms with Gasteiger partial charge in [0.25, 0.3) is 5.91 Å². The van der Waals surface area contributed by atoms with Crippen molar-refractivity contribution in [3.63, 3.8) is 0 Å². The maximum Gasteiger partial charge on any atom is 0.336 e. The number of nitrogens with zero attached hydrogens (tertiary/aromatic N) is 1. The third-order valence-electron chi connectivity index (χ3n) is 3.89. The number of carboxylic acids is 1. The molecule has 2 aromatic rings. The minimum Gasteiger partial charge on any atom is -0.478 e. The maximum absolute atomic E-state index is 12.7. The molecular weight excluding hydrogens is 294 g/mol. The van der Waals surface area contributed by atoms with Crippen molar-refractivity contribution in [3.8, 4) is 11.1 Å². The third-order valence-corrected chi connectivity index (χ3v) is 3.89. The second-order valence-corrected chi connectivity index (χ2v) is 5.34. The van der Waals surface area contributed by atoms with Crippen LogP contribution < -0.4 is 0 Å². The van der Waals surface area contributed by atoms with E-state index in [0.29, 0.717) is 26.3 Å². The number of morpholine rings is 1. The van der Waals surface area contributed by atoms with Gasteiger partial charge in [0.05, 0.1) is 24.3 Å². The number of amides is 1. The maximum atomic E-state index is 12.7. The molecule has 1 aliphatic heterocycles. The molecule has 0 spiro atoms. The number of hydrogen-bond acceptors (Lipinski definition) is 3. The smallest absolute Gasteiger partial charge is 0.336 e. The van der Waals surface area contributed by atoms with E-state index in [1.165, 1.54) is 6.07 Å². The lowest BCUT2D eigenvalue weighted by Gasteiger charge is -2.27. The number of carboxylic acid groups (broad SMARTS) is 1. The van der Waals surface area contributed by atoms with Gasteiger partial charge in [0.1, 0.15) is 0 Å². The molecule has 0 radical (unpaired) electrons. The number of rotatable bonds is 3. The number of ether oxygens (including phenoxy) is 1. The fourth-order valence-corrected chi connectivity index (χ4v) is 2.65. The van der Waals surface area contributed by atoms with Gasteiger partial charge in [-0.15, -0.1) is 0 Å². The van der Waals surface area contributed by atoms with Crippen LogP contribution in [0.2, 0.25) is 0 Å². The number of carbonyl (C=O) groups is 2. The van der Waals surface area contributed by atoms with Crippen molar-refractivity contribution in [2.45, 2.75) is 0 Å². The molecule has 118 valence electrons. The molecule has 0 aliphatic carbocycles. The summed E-state index contributed by atoms with van der Waals surface area (Å²) in [6.07, 6.45) is 0. The van der Waals surface area contributed by atoms with Gasteiger partial charge in [-0.1, -0.05) is 36.4 Å². The summed E-state index contributed by atoms with van der Waals surface area (Å²) >= 11 is 0. The lowest BCUT2D eigenvalue weighted by Crippen LogP contribution is -2.41. The summed E-state index contributed by atoms with van der Waals surface area (Å²) in [7, 11) is 0. The Bertz CT molecular complexity index is 721. The first kappa shape index (κ1) is 15.2. The van der Waals surface area contributed by atoms with Gasteiger partial charge in [-0.05, 0) is 23.3 Å². The van der Waals surface area contributed by atoms with Gasteiger partial charge in [0.2, 0.25) is 0 Å². The summed E-state index contributed by atoms with van der Waals surface area (Å²) in [6, 6.07) is 14.5. The highest BCUT2D eigenvalue weighted by Gasteiger charge is 2.24. The van der Waals surface area contributed by atoms with Crippen LogP contribution in [0.25, 0.3) is 11.1 Å². The van der Waals surface area contributed by atoms with Crippen molar-refractivity contribution in [2.75, 3.05) is 26.3 Å². The standard InChI is InChI=1S/C18H17NO4/c20-17(19-8-10-23-11-9-19)16-12-14(6-7-15(16)18(21)22)13-4-2-1-3-5-13/h1-7,12H,8-11H2,(H,21,22). The Morgan fingerprint density at radius 3 is 2.26 bits per heavy atom. The highest BCUT2D eigenvalue weighted by atomic mass is 16.5. The number of benzene rings is 2. The summed E-state index contributed by atoms with van der Waals surface area (Å²) < 4.78 is 5.25. The lowest BCUT2D eigenvalue weighted by atomic mass is 9.98. The first-order chi connectivity index (χ1) is 11.2. The van der Waals surface area contributed by atoms with E-state index in [-0.39, 0.29) is 17.0 Å². The molecule has 0 atom stereocenters. The van der Waals surface area contributed by atoms with Crippen molar-refractivity contribution < 1.29 is 19.4 Å². The molecule has 1 fully saturated rings. The Kier molecular flexibility index (Phi) is 4.39. The van der Waals surface area contributed by atoms with E-state index in [0.717, 1.165) is 11.1 Å². The van der Waals surface area contributed by atoms with Gasteiger partial charge >= 0.3 is 5.97 Å². The van der Waals surface area contributed by atoms with Gasteiger partial charge in [-0.2, -0.15) is 0 Å². The van der Waals surface area contributed by atoms with E-state index in [1.807, 2.05) is 30.3 Å². The number of carbonyl (C=O) groups excluding carboxylic acids is 1. The minimum atomic E-state index is -1.10. The highest BCUT2D eigenvalue weighted by molar-refractivity contribution is 6.05. The molecule has 3 rings (SSSR count). The Balaban J connectivity index is 2.01. The number of aromatic carboxylic acids is 1. The molecule has 5 nitrogen and oxygen atoms in total. The molecule has 0 unspecified atom stereocenters. The largest absolute Gasteiger partial charge is 0.478 e. The monoisotopic (exact) mass is 311 g/mol. The van der Waals surface area contributed by atoms with Gasteiger partial charge in [-0.25, -0.2) is 4.79 Å². The van der Waals surface area contributed by atoms with Crippen LogP contribution in [-0.4, -0.2) is 48.2 Å². The van der Waals surface area contributed by atoms with E-state index in [2.05, 4.69) is 0 Å². The molecule has 23 heavy (non-hydrogen) atoms. The van der Waals surface area contributed by atoms with Crippen LogP contribution in [0.4, 0.5) is 0 Å². The van der Waals surface area contributed by atoms with Crippen LogP contribution in [-0.2, 0) is 4.74 Å². The molecule has 0 saturated carbocycles. The Morgan fingerprint density at radius 2 is 1.61 bits per heavy atom. The molecule has 1 saturated heterocycles. The van der Waals surface area contributed by atoms with E-state index >= 15 is 0 Å². The lowest BCUT2D eigenvalue weighted by molar-refractivity contribution is 0.0300. The predicted molar refractivity (Wildman–Crippen MR) is 85.6 cm³/mol. The molecule has 1 N–H and O–H groups in total. The van der Waals surface area contributed by atoms with E-state index in [9.17, 15) is 14.7 Å². The van der Waals surface area contributed by atoms with Gasteiger partial charge in [0, 0.05) is 13.1 Å². The molecule has 0 aromatic heterocycles. The fourth-order valence-electron chi connectivity index (χ4n) is 2.65. The normalized spacial score (nSPS) is 14.5. The zero-order valence-corrected chi connectivity index (χ0v) is 12.6. The van der Waals surface area contributed by atoms with Gasteiger partial charge in [-0.3, -0.25) is 4.79 Å². The summed E-state index contributed by atoms with van der Waals surface area (Å²) in [4.78, 5) is 25.8. The van der Waals surface area contributed by atoms with Crippen LogP contribution in [0.5, 0.6) is 0 Å². The van der Waals surface area contributed by atoms with E-state index in [1.54, 1.807) is 17.0 Å². The third kappa shape index (κ3) is 3.24. The Labute approximate surface area is 134 Å². The van der Waals surface area contributed by atoms with Crippen molar-refractivity contribution in [1.82, 2.24) is 4.90 Å². The van der Waals surface area contributed by atoms with E-state index in [4.69, 9.17) is 4.74 Å².